The van der Waals surface area contributed by atoms with Gasteiger partial charge in [-0.2, -0.15) is 13.2 Å². The van der Waals surface area contributed by atoms with Gasteiger partial charge in [-0.3, -0.25) is 9.36 Å². The van der Waals surface area contributed by atoms with Crippen LogP contribution in [0, 0.1) is 5.92 Å². The number of para-hydroxylation sites is 1. The Balaban J connectivity index is 2.17. The monoisotopic (exact) mass is 282 g/mol. The molecule has 1 aromatic carbocycles. The molecule has 1 aliphatic heterocycles. The van der Waals surface area contributed by atoms with Gasteiger partial charge < -0.3 is 0 Å². The molecule has 0 bridgehead atoms. The second-order valence-electron chi connectivity index (χ2n) is 5.31. The summed E-state index contributed by atoms with van der Waals surface area (Å²) in [6.07, 6.45) is -5.18. The van der Waals surface area contributed by atoms with Gasteiger partial charge in [-0.1, -0.05) is 19.1 Å². The van der Waals surface area contributed by atoms with Crippen molar-refractivity contribution < 1.29 is 13.2 Å². The number of hydrogen-bond acceptors (Lipinski definition) is 2. The Morgan fingerprint density at radius 1 is 1.35 bits per heavy atom. The molecule has 0 saturated heterocycles. The highest BCUT2D eigenvalue weighted by Crippen LogP contribution is 2.39. The van der Waals surface area contributed by atoms with E-state index >= 15 is 0 Å². The standard InChI is InChI=1S/C14H13F3N2O/c1-8-7-19-12(10(8)6-14(15,16)17)18-11-5-3-2-4-9(11)13(19)20/h2-5,8,10H,6-7H2,1H3. The lowest BCUT2D eigenvalue weighted by molar-refractivity contribution is -0.140. The minimum Gasteiger partial charge on any atom is -0.296 e. The van der Waals surface area contributed by atoms with E-state index in [9.17, 15) is 18.0 Å². The fraction of sp³-hybridized carbons (Fsp3) is 0.429. The van der Waals surface area contributed by atoms with Crippen LogP contribution >= 0.6 is 0 Å². The highest BCUT2D eigenvalue weighted by molar-refractivity contribution is 5.77. The largest absolute Gasteiger partial charge is 0.389 e. The molecule has 0 radical (unpaired) electrons. The number of rotatable bonds is 1. The van der Waals surface area contributed by atoms with E-state index in [2.05, 4.69) is 4.98 Å². The van der Waals surface area contributed by atoms with Crippen molar-refractivity contribution in [3.8, 4) is 0 Å². The number of hydrogen-bond donors (Lipinski definition) is 0. The third kappa shape index (κ3) is 2.09. The van der Waals surface area contributed by atoms with Crippen LogP contribution in [0.4, 0.5) is 13.2 Å². The van der Waals surface area contributed by atoms with Crippen molar-refractivity contribution in [2.75, 3.05) is 0 Å². The molecule has 1 aliphatic rings. The fourth-order valence-corrected chi connectivity index (χ4v) is 2.86. The molecule has 0 amide bonds. The average Bonchev–Trinajstić information content (AvgIpc) is 2.66. The van der Waals surface area contributed by atoms with E-state index in [1.807, 2.05) is 0 Å². The molecule has 0 fully saturated rings. The summed E-state index contributed by atoms with van der Waals surface area (Å²) < 4.78 is 39.4. The molecule has 106 valence electrons. The van der Waals surface area contributed by atoms with E-state index in [-0.39, 0.29) is 17.3 Å². The Morgan fingerprint density at radius 2 is 2.05 bits per heavy atom. The molecule has 2 aromatic rings. The topological polar surface area (TPSA) is 34.9 Å². The highest BCUT2D eigenvalue weighted by Gasteiger charge is 2.41. The van der Waals surface area contributed by atoms with Gasteiger partial charge in [0, 0.05) is 12.5 Å². The summed E-state index contributed by atoms with van der Waals surface area (Å²) in [5, 5.41) is 0.455. The summed E-state index contributed by atoms with van der Waals surface area (Å²) in [5.74, 6) is -0.723. The third-order valence-corrected chi connectivity index (χ3v) is 3.83. The van der Waals surface area contributed by atoms with Crippen LogP contribution in [0.25, 0.3) is 10.9 Å². The van der Waals surface area contributed by atoms with Crippen molar-refractivity contribution in [3.63, 3.8) is 0 Å². The first kappa shape index (κ1) is 13.1. The highest BCUT2D eigenvalue weighted by atomic mass is 19.4. The van der Waals surface area contributed by atoms with E-state index in [1.165, 1.54) is 4.57 Å². The zero-order chi connectivity index (χ0) is 14.5. The molecule has 1 aromatic heterocycles. The smallest absolute Gasteiger partial charge is 0.296 e. The van der Waals surface area contributed by atoms with Gasteiger partial charge in [-0.25, -0.2) is 4.98 Å². The first-order valence-electron chi connectivity index (χ1n) is 6.43. The van der Waals surface area contributed by atoms with Gasteiger partial charge in [-0.15, -0.1) is 0 Å². The molecule has 3 rings (SSSR count). The molecule has 2 atom stereocenters. The fourth-order valence-electron chi connectivity index (χ4n) is 2.86. The van der Waals surface area contributed by atoms with Gasteiger partial charge in [0.05, 0.1) is 17.3 Å². The maximum absolute atomic E-state index is 12.7. The minimum absolute atomic E-state index is 0.242. The van der Waals surface area contributed by atoms with Gasteiger partial charge >= 0.3 is 6.18 Å². The first-order chi connectivity index (χ1) is 9.37. The summed E-state index contributed by atoms with van der Waals surface area (Å²) in [6, 6.07) is 6.76. The minimum atomic E-state index is -4.25. The quantitative estimate of drug-likeness (QED) is 0.805. The van der Waals surface area contributed by atoms with Crippen molar-refractivity contribution in [2.45, 2.75) is 32.0 Å². The number of nitrogens with zero attached hydrogens (tertiary/aromatic N) is 2. The van der Waals surface area contributed by atoms with Crippen LogP contribution in [-0.4, -0.2) is 15.7 Å². The molecule has 0 saturated carbocycles. The van der Waals surface area contributed by atoms with Gasteiger partial charge in [0.1, 0.15) is 5.82 Å². The Kier molecular flexibility index (Phi) is 2.84. The summed E-state index contributed by atoms with van der Waals surface area (Å²) in [4.78, 5) is 16.6. The van der Waals surface area contributed by atoms with Crippen LogP contribution in [0.2, 0.25) is 0 Å². The van der Waals surface area contributed by atoms with Crippen LogP contribution in [0.5, 0.6) is 0 Å². The Bertz CT molecular complexity index is 720. The number of fused-ring (bicyclic) bond motifs is 2. The predicted octanol–water partition coefficient (Wildman–Crippen LogP) is 3.08. The zero-order valence-electron chi connectivity index (χ0n) is 10.8. The van der Waals surface area contributed by atoms with Crippen molar-refractivity contribution in [2.24, 2.45) is 5.92 Å². The second kappa shape index (κ2) is 4.33. The first-order valence-corrected chi connectivity index (χ1v) is 6.43. The molecule has 0 N–H and O–H groups in total. The van der Waals surface area contributed by atoms with Crippen LogP contribution in [0.1, 0.15) is 25.1 Å². The van der Waals surface area contributed by atoms with E-state index in [1.54, 1.807) is 31.2 Å². The van der Waals surface area contributed by atoms with Crippen LogP contribution in [0.15, 0.2) is 29.1 Å². The van der Waals surface area contributed by atoms with E-state index in [0.29, 0.717) is 17.4 Å². The molecule has 20 heavy (non-hydrogen) atoms. The molecule has 2 unspecified atom stereocenters. The predicted molar refractivity (Wildman–Crippen MR) is 68.6 cm³/mol. The SMILES string of the molecule is CC1Cn2c(nc3ccccc3c2=O)C1CC(F)(F)F. The Hall–Kier alpha value is -1.85. The summed E-state index contributed by atoms with van der Waals surface area (Å²) in [7, 11) is 0. The molecule has 0 spiro atoms. The molecular weight excluding hydrogens is 269 g/mol. The van der Waals surface area contributed by atoms with Gasteiger partial charge in [0.25, 0.3) is 5.56 Å². The van der Waals surface area contributed by atoms with Gasteiger partial charge in [0.15, 0.2) is 0 Å². The van der Waals surface area contributed by atoms with E-state index < -0.39 is 18.5 Å². The van der Waals surface area contributed by atoms with Gasteiger partial charge in [0.2, 0.25) is 0 Å². The molecule has 0 aliphatic carbocycles. The van der Waals surface area contributed by atoms with Crippen molar-refractivity contribution in [3.05, 3.63) is 40.4 Å². The Morgan fingerprint density at radius 3 is 2.75 bits per heavy atom. The lowest BCUT2D eigenvalue weighted by atomic mass is 9.93. The number of halogens is 3. The summed E-state index contributed by atoms with van der Waals surface area (Å²) in [5.41, 5.74) is 0.215. The number of alkyl halides is 3. The van der Waals surface area contributed by atoms with Crippen LogP contribution in [0.3, 0.4) is 0 Å². The van der Waals surface area contributed by atoms with E-state index in [0.717, 1.165) is 0 Å². The van der Waals surface area contributed by atoms with Crippen molar-refractivity contribution in [1.29, 1.82) is 0 Å². The molecule has 6 heteroatoms. The summed E-state index contributed by atoms with van der Waals surface area (Å²) in [6.45, 7) is 2.03. The molecule has 3 nitrogen and oxygen atoms in total. The van der Waals surface area contributed by atoms with Crippen LogP contribution in [-0.2, 0) is 6.54 Å². The lowest BCUT2D eigenvalue weighted by Crippen LogP contribution is -2.22. The van der Waals surface area contributed by atoms with Crippen molar-refractivity contribution in [1.82, 2.24) is 9.55 Å². The maximum atomic E-state index is 12.7. The number of benzene rings is 1. The lowest BCUT2D eigenvalue weighted by Gasteiger charge is -2.16. The van der Waals surface area contributed by atoms with Crippen LogP contribution < -0.4 is 5.56 Å². The van der Waals surface area contributed by atoms with Gasteiger partial charge in [-0.05, 0) is 18.1 Å². The van der Waals surface area contributed by atoms with E-state index in [4.69, 9.17) is 0 Å². The normalized spacial score (nSPS) is 22.2. The Labute approximate surface area is 113 Å². The van der Waals surface area contributed by atoms with Crippen molar-refractivity contribution >= 4 is 10.9 Å². The average molecular weight is 282 g/mol. The summed E-state index contributed by atoms with van der Waals surface area (Å²) >= 11 is 0. The third-order valence-electron chi connectivity index (χ3n) is 3.83. The molecular formula is C14H13F3N2O. The number of aromatic nitrogens is 2. The maximum Gasteiger partial charge on any atom is 0.389 e. The molecule has 2 heterocycles. The second-order valence-corrected chi connectivity index (χ2v) is 5.31. The zero-order valence-corrected chi connectivity index (χ0v) is 10.8.